The molecule has 0 aromatic carbocycles. The van der Waals surface area contributed by atoms with Crippen molar-refractivity contribution in [3.8, 4) is 0 Å². The number of rotatable bonds is 0. The third-order valence-corrected chi connectivity index (χ3v) is 0. The molecule has 0 heterocycles. The quantitative estimate of drug-likeness (QED) is 0.400. The van der Waals surface area contributed by atoms with Gasteiger partial charge < -0.3 is 39.6 Å². The van der Waals surface area contributed by atoms with E-state index in [0.29, 0.717) is 0 Å². The van der Waals surface area contributed by atoms with Gasteiger partial charge in [-0.05, 0) is 27.7 Å². The second-order valence-corrected chi connectivity index (χ2v) is 1.97. The average molecular weight is 315 g/mol. The fourth-order valence-corrected chi connectivity index (χ4v) is 0. The van der Waals surface area contributed by atoms with Crippen molar-refractivity contribution < 1.29 is 56.7 Å². The van der Waals surface area contributed by atoms with Crippen molar-refractivity contribution in [1.29, 1.82) is 0 Å². The van der Waals surface area contributed by atoms with Crippen LogP contribution in [0.1, 0.15) is 27.7 Å². The van der Waals surface area contributed by atoms with E-state index in [1.165, 1.54) is 0 Å². The number of carbonyl (C=O) groups is 4. The molecule has 0 amide bonds. The molecule has 0 saturated carbocycles. The SMILES string of the molecule is CC(=O)[O-].CC(=O)[O-].CC(=O)[O-].CC(=O)[O-].[Mg+2].[Mn+2]. The molecule has 0 aliphatic carbocycles. The molecule has 0 aliphatic rings. The molecule has 0 unspecified atom stereocenters. The summed E-state index contributed by atoms with van der Waals surface area (Å²) < 4.78 is 0. The number of carboxylic acids is 4. The number of carbonyl (C=O) groups excluding carboxylic acids is 4. The van der Waals surface area contributed by atoms with Gasteiger partial charge in [-0.2, -0.15) is 0 Å². The van der Waals surface area contributed by atoms with Crippen LogP contribution < -0.4 is 20.4 Å². The second-order valence-electron chi connectivity index (χ2n) is 1.97. The van der Waals surface area contributed by atoms with Crippen LogP contribution in [0.2, 0.25) is 0 Å². The molecule has 101 valence electrons. The molecular weight excluding hydrogens is 303 g/mol. The Labute approximate surface area is 131 Å². The van der Waals surface area contributed by atoms with Crippen LogP contribution in [0.5, 0.6) is 0 Å². The normalized spacial score (nSPS) is 5.56. The van der Waals surface area contributed by atoms with Crippen LogP contribution in [-0.4, -0.2) is 46.9 Å². The molecular formula is C8H12MgMnO8. The molecule has 0 aromatic rings. The zero-order valence-electron chi connectivity index (χ0n) is 10.4. The molecule has 1 radical (unpaired) electrons. The minimum atomic E-state index is -1.08. The molecule has 0 aromatic heterocycles. The van der Waals surface area contributed by atoms with E-state index < -0.39 is 23.9 Å². The largest absolute Gasteiger partial charge is 2.00 e. The Hall–Kier alpha value is -0.834. The van der Waals surface area contributed by atoms with E-state index >= 15 is 0 Å². The van der Waals surface area contributed by atoms with Crippen molar-refractivity contribution in [3.05, 3.63) is 0 Å². The van der Waals surface area contributed by atoms with Gasteiger partial charge in [-0.25, -0.2) is 0 Å². The molecule has 0 N–H and O–H groups in total. The van der Waals surface area contributed by atoms with Crippen molar-refractivity contribution in [2.45, 2.75) is 27.7 Å². The van der Waals surface area contributed by atoms with Crippen molar-refractivity contribution in [3.63, 3.8) is 0 Å². The van der Waals surface area contributed by atoms with Crippen LogP contribution in [0.3, 0.4) is 0 Å². The Balaban J connectivity index is -0.0000000257. The van der Waals surface area contributed by atoms with Gasteiger partial charge in [0.1, 0.15) is 0 Å². The summed E-state index contributed by atoms with van der Waals surface area (Å²) in [4.78, 5) is 35.6. The van der Waals surface area contributed by atoms with E-state index in [0.717, 1.165) is 27.7 Å². The zero-order chi connectivity index (χ0) is 14.3. The summed E-state index contributed by atoms with van der Waals surface area (Å²) in [6, 6.07) is 0. The summed E-state index contributed by atoms with van der Waals surface area (Å²) in [5.74, 6) is -4.33. The summed E-state index contributed by atoms with van der Waals surface area (Å²) in [6.45, 7) is 3.89. The smallest absolute Gasteiger partial charge is 0.550 e. The Morgan fingerprint density at radius 3 is 0.556 bits per heavy atom. The van der Waals surface area contributed by atoms with E-state index in [1.54, 1.807) is 0 Å². The van der Waals surface area contributed by atoms with E-state index in [4.69, 9.17) is 39.6 Å². The van der Waals surface area contributed by atoms with Gasteiger partial charge in [0.05, 0.1) is 0 Å². The minimum Gasteiger partial charge on any atom is -0.550 e. The van der Waals surface area contributed by atoms with Crippen LogP contribution >= 0.6 is 0 Å². The first-order valence-electron chi connectivity index (χ1n) is 3.63. The van der Waals surface area contributed by atoms with Gasteiger partial charge >= 0.3 is 40.1 Å². The summed E-state index contributed by atoms with van der Waals surface area (Å²) in [6.07, 6.45) is 0. The monoisotopic (exact) mass is 315 g/mol. The van der Waals surface area contributed by atoms with Crippen molar-refractivity contribution in [2.75, 3.05) is 0 Å². The third kappa shape index (κ3) is 4370. The summed E-state index contributed by atoms with van der Waals surface area (Å²) >= 11 is 0. The number of hydrogen-bond acceptors (Lipinski definition) is 8. The Morgan fingerprint density at radius 2 is 0.556 bits per heavy atom. The van der Waals surface area contributed by atoms with Gasteiger partial charge in [-0.3, -0.25) is 0 Å². The molecule has 18 heavy (non-hydrogen) atoms. The van der Waals surface area contributed by atoms with Crippen LogP contribution in [0.15, 0.2) is 0 Å². The number of aliphatic carboxylic acids is 4. The molecule has 0 rings (SSSR count). The topological polar surface area (TPSA) is 161 Å². The first-order chi connectivity index (χ1) is 6.93. The number of carboxylic acid groups (broad SMARTS) is 4. The minimum absolute atomic E-state index is 0. The van der Waals surface area contributed by atoms with Gasteiger partial charge in [0.2, 0.25) is 0 Å². The second kappa shape index (κ2) is 29.8. The first-order valence-corrected chi connectivity index (χ1v) is 3.63. The van der Waals surface area contributed by atoms with Gasteiger partial charge in [0.15, 0.2) is 0 Å². The maximum atomic E-state index is 8.89. The molecule has 0 atom stereocenters. The van der Waals surface area contributed by atoms with E-state index in [2.05, 4.69) is 0 Å². The van der Waals surface area contributed by atoms with E-state index in [-0.39, 0.29) is 40.1 Å². The molecule has 0 bridgehead atoms. The fraction of sp³-hybridized carbons (Fsp3) is 0.500. The van der Waals surface area contributed by atoms with Crippen LogP contribution in [0.25, 0.3) is 0 Å². The molecule has 0 aliphatic heterocycles. The number of hydrogen-bond donors (Lipinski definition) is 0. The maximum absolute atomic E-state index is 8.89. The molecule has 8 nitrogen and oxygen atoms in total. The molecule has 10 heteroatoms. The molecule has 0 spiro atoms. The summed E-state index contributed by atoms with van der Waals surface area (Å²) in [5.41, 5.74) is 0. The summed E-state index contributed by atoms with van der Waals surface area (Å²) in [5, 5.41) is 35.6. The van der Waals surface area contributed by atoms with Crippen molar-refractivity contribution in [2.24, 2.45) is 0 Å². The van der Waals surface area contributed by atoms with Gasteiger partial charge in [-0.15, -0.1) is 0 Å². The van der Waals surface area contributed by atoms with Crippen molar-refractivity contribution in [1.82, 2.24) is 0 Å². The van der Waals surface area contributed by atoms with Crippen LogP contribution in [0.4, 0.5) is 0 Å². The van der Waals surface area contributed by atoms with Gasteiger partial charge in [0.25, 0.3) is 0 Å². The Kier molecular flexibility index (Phi) is 59.6. The van der Waals surface area contributed by atoms with Gasteiger partial charge in [-0.1, -0.05) is 0 Å². The molecule has 0 fully saturated rings. The van der Waals surface area contributed by atoms with Crippen LogP contribution in [0, 0.1) is 0 Å². The Bertz CT molecular complexity index is 167. The first kappa shape index (κ1) is 36.0. The van der Waals surface area contributed by atoms with Crippen molar-refractivity contribution >= 4 is 46.9 Å². The summed E-state index contributed by atoms with van der Waals surface area (Å²) in [7, 11) is 0. The standard InChI is InChI=1S/4C2H4O2.Mg.Mn/c4*1-2(3)4;;/h4*1H3,(H,3,4);;/q;;;;2*+2/p-4. The zero-order valence-corrected chi connectivity index (χ0v) is 12.9. The van der Waals surface area contributed by atoms with E-state index in [9.17, 15) is 0 Å². The average Bonchev–Trinajstić information content (AvgIpc) is 1.76. The predicted molar refractivity (Wildman–Crippen MR) is 48.5 cm³/mol. The third-order valence-electron chi connectivity index (χ3n) is 0. The van der Waals surface area contributed by atoms with Crippen LogP contribution in [-0.2, 0) is 36.2 Å². The molecule has 0 saturated heterocycles. The Morgan fingerprint density at radius 1 is 0.556 bits per heavy atom. The van der Waals surface area contributed by atoms with E-state index in [1.807, 2.05) is 0 Å². The maximum Gasteiger partial charge on any atom is 2.00 e. The van der Waals surface area contributed by atoms with Gasteiger partial charge in [0, 0.05) is 23.9 Å². The fourth-order valence-electron chi connectivity index (χ4n) is 0. The predicted octanol–water partition coefficient (Wildman–Crippen LogP) is -5.36.